The molecule has 1 aliphatic carbocycles. The van der Waals surface area contributed by atoms with E-state index in [4.69, 9.17) is 21.6 Å². The molecule has 0 radical (unpaired) electrons. The Balaban J connectivity index is 0.000000256. The Morgan fingerprint density at radius 2 is 1.62 bits per heavy atom. The SMILES string of the molecule is CNC(=O)CCC(C=O)N(C)C(=O)c1ccc(N2CCC(N3CCN(C=O)CC3)CC2)cc1C=O.COc1ccc(C#N)c(Cl)c1.Cc1ccc(NC2CCCCC2)cc1. The van der Waals surface area contributed by atoms with Crippen molar-refractivity contribution >= 4 is 53.8 Å². The number of anilines is 2. The molecule has 6 rings (SSSR count). The number of aldehydes is 2. The third-order valence-electron chi connectivity index (χ3n) is 11.5. The topological polar surface area (TPSA) is 155 Å². The summed E-state index contributed by atoms with van der Waals surface area (Å²) in [6.07, 6.45) is 11.4. The normalized spacial score (nSPS) is 16.3. The summed E-state index contributed by atoms with van der Waals surface area (Å²) in [5.41, 5.74) is 4.49. The van der Waals surface area contributed by atoms with Crippen LogP contribution in [0.2, 0.25) is 5.02 Å². The van der Waals surface area contributed by atoms with Crippen LogP contribution in [0.15, 0.2) is 60.7 Å². The molecule has 14 heteroatoms. The van der Waals surface area contributed by atoms with Crippen LogP contribution in [0.4, 0.5) is 11.4 Å². The minimum atomic E-state index is -0.758. The Bertz CT molecular complexity index is 1900. The number of hydrogen-bond donors (Lipinski definition) is 2. The summed E-state index contributed by atoms with van der Waals surface area (Å²) in [5, 5.41) is 15.0. The first kappa shape index (κ1) is 47.2. The van der Waals surface area contributed by atoms with E-state index >= 15 is 0 Å². The van der Waals surface area contributed by atoms with Crippen molar-refractivity contribution in [3.05, 3.63) is 87.9 Å². The van der Waals surface area contributed by atoms with Crippen LogP contribution in [0.25, 0.3) is 0 Å². The van der Waals surface area contributed by atoms with Gasteiger partial charge in [0.1, 0.15) is 18.1 Å². The van der Waals surface area contributed by atoms with Gasteiger partial charge in [0.2, 0.25) is 12.3 Å². The summed E-state index contributed by atoms with van der Waals surface area (Å²) in [7, 11) is 4.58. The fourth-order valence-electron chi connectivity index (χ4n) is 7.68. The zero-order chi connectivity index (χ0) is 43.4. The maximum absolute atomic E-state index is 13.1. The lowest BCUT2D eigenvalue weighted by molar-refractivity contribution is -0.121. The van der Waals surface area contributed by atoms with Gasteiger partial charge in [-0.2, -0.15) is 5.26 Å². The van der Waals surface area contributed by atoms with Crippen LogP contribution in [-0.2, 0) is 14.4 Å². The molecule has 322 valence electrons. The summed E-state index contributed by atoms with van der Waals surface area (Å²) in [4.78, 5) is 66.7. The second kappa shape index (κ2) is 24.6. The van der Waals surface area contributed by atoms with Gasteiger partial charge in [-0.15, -0.1) is 0 Å². The number of aryl methyl sites for hydroxylation is 1. The molecule has 0 aromatic heterocycles. The molecular weight excluding hydrogens is 782 g/mol. The van der Waals surface area contributed by atoms with E-state index in [0.717, 1.165) is 64.2 Å². The number of benzene rings is 3. The van der Waals surface area contributed by atoms with Crippen molar-refractivity contribution in [2.45, 2.75) is 82.8 Å². The highest BCUT2D eigenvalue weighted by molar-refractivity contribution is 6.31. The van der Waals surface area contributed by atoms with Crippen LogP contribution in [0.5, 0.6) is 5.75 Å². The van der Waals surface area contributed by atoms with E-state index < -0.39 is 11.9 Å². The van der Waals surface area contributed by atoms with Gasteiger partial charge >= 0.3 is 0 Å². The Labute approximate surface area is 360 Å². The lowest BCUT2D eigenvalue weighted by Gasteiger charge is -2.42. The summed E-state index contributed by atoms with van der Waals surface area (Å²) in [6, 6.07) is 21.3. The third-order valence-corrected chi connectivity index (χ3v) is 11.8. The monoisotopic (exact) mass is 841 g/mol. The number of nitrogens with zero attached hydrogens (tertiary/aromatic N) is 5. The molecule has 2 heterocycles. The standard InChI is InChI=1S/C25H35N5O5.C13H19N.C8H6ClNO/c1-26-24(34)6-4-22(17-32)27(2)25(35)23-5-3-21(15-19(23)16-31)29-9-7-20(8-10-29)30-13-11-28(18-33)12-14-30;1-11-7-9-13(10-8-11)14-12-5-3-2-4-6-12;1-11-7-3-2-6(5-10)8(9)4-7/h3,5,15-18,20,22H,4,6-14H2,1-2H3,(H,26,34);7-10,12,14H,2-6H2,1H3;2-4H,1H3. The molecular formula is C46H60ClN7O6. The summed E-state index contributed by atoms with van der Waals surface area (Å²) < 4.78 is 4.90. The zero-order valence-electron chi connectivity index (χ0n) is 35.4. The molecule has 3 aliphatic rings. The number of likely N-dealkylation sites (N-methyl/N-ethyl adjacent to an activating group) is 1. The average Bonchev–Trinajstić information content (AvgIpc) is 3.30. The van der Waals surface area contributed by atoms with Gasteiger partial charge in [-0.3, -0.25) is 24.1 Å². The number of methoxy groups -OCH3 is 1. The predicted octanol–water partition coefficient (Wildman–Crippen LogP) is 6.37. The molecule has 3 amide bonds. The molecule has 0 spiro atoms. The van der Waals surface area contributed by atoms with Crippen molar-refractivity contribution in [3.8, 4) is 11.8 Å². The Kier molecular flexibility index (Phi) is 19.4. The number of rotatable bonds is 13. The Morgan fingerprint density at radius 1 is 0.933 bits per heavy atom. The van der Waals surface area contributed by atoms with E-state index in [0.29, 0.717) is 41.0 Å². The number of piperazine rings is 1. The van der Waals surface area contributed by atoms with E-state index in [1.54, 1.807) is 37.4 Å². The predicted molar refractivity (Wildman–Crippen MR) is 236 cm³/mol. The number of piperidine rings is 1. The number of carbonyl (C=O) groups is 5. The highest BCUT2D eigenvalue weighted by atomic mass is 35.5. The molecule has 2 N–H and O–H groups in total. The smallest absolute Gasteiger partial charge is 0.254 e. The van der Waals surface area contributed by atoms with Crippen molar-refractivity contribution in [2.24, 2.45) is 0 Å². The number of amides is 3. The summed E-state index contributed by atoms with van der Waals surface area (Å²) >= 11 is 5.71. The van der Waals surface area contributed by atoms with Crippen molar-refractivity contribution in [1.29, 1.82) is 5.26 Å². The lowest BCUT2D eigenvalue weighted by Crippen LogP contribution is -2.52. The first-order valence-electron chi connectivity index (χ1n) is 20.8. The molecule has 3 aromatic carbocycles. The number of nitrogens with one attached hydrogen (secondary N) is 2. The number of nitriles is 1. The summed E-state index contributed by atoms with van der Waals surface area (Å²) in [6.45, 7) is 7.15. The van der Waals surface area contributed by atoms with Crippen molar-refractivity contribution in [2.75, 3.05) is 70.7 Å². The first-order chi connectivity index (χ1) is 29.0. The maximum atomic E-state index is 13.1. The molecule has 3 fully saturated rings. The molecule has 2 saturated heterocycles. The van der Waals surface area contributed by atoms with Gasteiger partial charge < -0.3 is 34.9 Å². The third kappa shape index (κ3) is 14.1. The van der Waals surface area contributed by atoms with Gasteiger partial charge in [0.25, 0.3) is 5.91 Å². The van der Waals surface area contributed by atoms with Crippen LogP contribution in [0, 0.1) is 18.3 Å². The fraction of sp³-hybridized carbons (Fsp3) is 0.478. The first-order valence-corrected chi connectivity index (χ1v) is 21.2. The largest absolute Gasteiger partial charge is 0.497 e. The minimum Gasteiger partial charge on any atom is -0.497 e. The van der Waals surface area contributed by atoms with Crippen LogP contribution < -0.4 is 20.3 Å². The fourth-order valence-corrected chi connectivity index (χ4v) is 7.89. The highest BCUT2D eigenvalue weighted by Crippen LogP contribution is 2.27. The number of ether oxygens (including phenoxy) is 1. The Morgan fingerprint density at radius 3 is 2.18 bits per heavy atom. The maximum Gasteiger partial charge on any atom is 0.254 e. The highest BCUT2D eigenvalue weighted by Gasteiger charge is 2.28. The number of halogens is 1. The average molecular weight is 842 g/mol. The van der Waals surface area contributed by atoms with E-state index in [1.165, 1.54) is 62.4 Å². The van der Waals surface area contributed by atoms with E-state index in [-0.39, 0.29) is 29.9 Å². The van der Waals surface area contributed by atoms with Gasteiger partial charge in [-0.25, -0.2) is 0 Å². The molecule has 1 atom stereocenters. The van der Waals surface area contributed by atoms with Crippen LogP contribution in [0.1, 0.15) is 89.6 Å². The molecule has 1 unspecified atom stereocenters. The molecule has 1 saturated carbocycles. The number of carbonyl (C=O) groups excluding carboxylic acids is 5. The molecule has 60 heavy (non-hydrogen) atoms. The molecule has 2 aliphatic heterocycles. The molecule has 3 aromatic rings. The zero-order valence-corrected chi connectivity index (χ0v) is 36.2. The Hall–Kier alpha value is -5.45. The van der Waals surface area contributed by atoms with Crippen molar-refractivity contribution < 1.29 is 28.7 Å². The van der Waals surface area contributed by atoms with E-state index in [9.17, 15) is 24.0 Å². The quantitative estimate of drug-likeness (QED) is 0.186. The molecule has 13 nitrogen and oxygen atoms in total. The number of hydrogen-bond acceptors (Lipinski definition) is 10. The van der Waals surface area contributed by atoms with Gasteiger partial charge in [-0.05, 0) is 81.5 Å². The lowest BCUT2D eigenvalue weighted by atomic mass is 9.95. The van der Waals surface area contributed by atoms with Gasteiger partial charge in [0.15, 0.2) is 6.29 Å². The van der Waals surface area contributed by atoms with Crippen molar-refractivity contribution in [3.63, 3.8) is 0 Å². The van der Waals surface area contributed by atoms with E-state index in [2.05, 4.69) is 51.6 Å². The molecule has 0 bridgehead atoms. The van der Waals surface area contributed by atoms with Gasteiger partial charge in [0.05, 0.1) is 29.3 Å². The second-order valence-electron chi connectivity index (χ2n) is 15.4. The summed E-state index contributed by atoms with van der Waals surface area (Å²) in [5.74, 6) is 0.0254. The van der Waals surface area contributed by atoms with Gasteiger partial charge in [0, 0.05) is 94.9 Å². The van der Waals surface area contributed by atoms with Crippen LogP contribution >= 0.6 is 11.6 Å². The second-order valence-corrected chi connectivity index (χ2v) is 15.8. The van der Waals surface area contributed by atoms with E-state index in [1.807, 2.05) is 17.0 Å². The van der Waals surface area contributed by atoms with Crippen LogP contribution in [-0.4, -0.2) is 124 Å². The van der Waals surface area contributed by atoms with Crippen LogP contribution in [0.3, 0.4) is 0 Å². The van der Waals surface area contributed by atoms with Crippen molar-refractivity contribution in [1.82, 2.24) is 20.0 Å². The van der Waals surface area contributed by atoms with Gasteiger partial charge in [-0.1, -0.05) is 48.6 Å². The minimum absolute atomic E-state index is 0.125.